The molecule has 0 aliphatic carbocycles. The minimum Gasteiger partial charge on any atom is -0.550 e. The van der Waals surface area contributed by atoms with Crippen LogP contribution in [0.5, 0.6) is 0 Å². The number of carbonyl (C=O) groups is 12. The molecule has 0 saturated carbocycles. The van der Waals surface area contributed by atoms with E-state index in [-0.39, 0.29) is 102 Å². The molecule has 0 spiro atoms. The van der Waals surface area contributed by atoms with Gasteiger partial charge in [0.1, 0.15) is 78.8 Å². The van der Waals surface area contributed by atoms with Crippen LogP contribution in [0.3, 0.4) is 0 Å². The van der Waals surface area contributed by atoms with Gasteiger partial charge in [0.15, 0.2) is 0 Å². The molecule has 0 bridgehead atoms. The molecule has 0 aromatic heterocycles. The Labute approximate surface area is 909 Å². The number of rotatable bonds is 54. The first-order chi connectivity index (χ1) is 68.9. The van der Waals surface area contributed by atoms with Gasteiger partial charge < -0.3 is 86.6 Å². The molecule has 0 aliphatic rings. The second kappa shape index (κ2) is 93.2. The summed E-state index contributed by atoms with van der Waals surface area (Å²) in [6.45, 7) is 69.1. The number of nitrogens with one attached hydrogen (secondary N) is 1. The van der Waals surface area contributed by atoms with E-state index in [1.165, 1.54) is 36.0 Å². The molecule has 0 fully saturated rings. The zero-order chi connectivity index (χ0) is 115. The summed E-state index contributed by atoms with van der Waals surface area (Å²) in [7, 11) is 3.16. The molecule has 7 atom stereocenters. The molecule has 3 aromatic carbocycles. The van der Waals surface area contributed by atoms with Crippen molar-refractivity contribution in [3.05, 3.63) is 184 Å². The van der Waals surface area contributed by atoms with E-state index in [4.69, 9.17) is 77.4 Å². The Kier molecular flexibility index (Phi) is 97.2. The number of nitrogens with zero attached hydrogens (tertiary/aromatic N) is 3. The van der Waals surface area contributed by atoms with Crippen LogP contribution in [0.1, 0.15) is 292 Å². The van der Waals surface area contributed by atoms with Gasteiger partial charge in [0.25, 0.3) is 0 Å². The number of alkyl carbamates (subject to hydrolysis) is 1. The van der Waals surface area contributed by atoms with Gasteiger partial charge in [-0.1, -0.05) is 241 Å². The number of aliphatic hydroxyl groups excluding tert-OH is 1. The summed E-state index contributed by atoms with van der Waals surface area (Å²) in [5.41, 5.74) is -1.46. The van der Waals surface area contributed by atoms with Crippen LogP contribution in [0.2, 0.25) is 0 Å². The van der Waals surface area contributed by atoms with Gasteiger partial charge in [-0.2, -0.15) is 15.8 Å². The number of ether oxygens (including phenoxy) is 14. The number of benzene rings is 3. The maximum Gasteiger partial charge on any atom is 1.00 e. The number of aliphatic hydroxyl groups is 1. The van der Waals surface area contributed by atoms with Gasteiger partial charge in [0.05, 0.1) is 83.7 Å². The van der Waals surface area contributed by atoms with Crippen LogP contribution >= 0.6 is 0 Å². The van der Waals surface area contributed by atoms with Gasteiger partial charge in [-0.05, 0) is 181 Å². The van der Waals surface area contributed by atoms with Crippen LogP contribution in [0.25, 0.3) is 0 Å². The van der Waals surface area contributed by atoms with Crippen molar-refractivity contribution < 1.29 is 164 Å². The number of carboxylic acid groups (broad SMARTS) is 1. The first-order valence-electron chi connectivity index (χ1n) is 50.1. The zero-order valence-electron chi connectivity index (χ0n) is 95.3. The van der Waals surface area contributed by atoms with Crippen molar-refractivity contribution in [3.63, 3.8) is 0 Å². The molecule has 832 valence electrons. The zero-order valence-corrected chi connectivity index (χ0v) is 97.3. The average molecular weight is 2090 g/mol. The number of hydrogen-bond donors (Lipinski definition) is 2. The van der Waals surface area contributed by atoms with Crippen LogP contribution in [0.4, 0.5) is 4.79 Å². The van der Waals surface area contributed by atoms with Gasteiger partial charge in [0.2, 0.25) is 0 Å². The van der Waals surface area contributed by atoms with E-state index in [0.717, 1.165) is 68.6 Å². The van der Waals surface area contributed by atoms with E-state index in [9.17, 15) is 67.7 Å². The largest absolute Gasteiger partial charge is 1.00 e. The Balaban J connectivity index is -0.000000230. The Hall–Kier alpha value is -11.2. The third-order valence-corrected chi connectivity index (χ3v) is 23.0. The average Bonchev–Trinajstić information content (AvgIpc) is 0.834. The topological polar surface area (TPSA) is 461 Å². The van der Waals surface area contributed by atoms with E-state index in [2.05, 4.69) is 200 Å². The molecule has 1 amide bonds. The minimum atomic E-state index is -1.59. The third-order valence-electron chi connectivity index (χ3n) is 23.0. The number of amides is 1. The van der Waals surface area contributed by atoms with E-state index >= 15 is 0 Å². The van der Waals surface area contributed by atoms with E-state index in [0.29, 0.717) is 63.4 Å². The molecule has 0 heterocycles. The quantitative estimate of drug-likeness (QED) is 0.0174. The number of aliphatic carboxylic acids is 1. The molecular weight excluding hydrogens is 1910 g/mol. The molecule has 32 nitrogen and oxygen atoms in total. The molecule has 3 aromatic rings. The van der Waals surface area contributed by atoms with Gasteiger partial charge in [-0.3, -0.25) is 19.2 Å². The van der Waals surface area contributed by atoms with Gasteiger partial charge in [0, 0.05) is 79.8 Å². The fourth-order valence-corrected chi connectivity index (χ4v) is 8.69. The Morgan fingerprint density at radius 3 is 0.770 bits per heavy atom. The Morgan fingerprint density at radius 2 is 0.568 bits per heavy atom. The molecule has 148 heavy (non-hydrogen) atoms. The molecule has 0 aliphatic heterocycles. The van der Waals surface area contributed by atoms with Crippen LogP contribution in [0, 0.1) is 89.7 Å². The van der Waals surface area contributed by atoms with E-state index < -0.39 is 140 Å². The second-order valence-electron chi connectivity index (χ2n) is 37.5. The van der Waals surface area contributed by atoms with Gasteiger partial charge in [-0.25, -0.2) is 33.6 Å². The maximum atomic E-state index is 12.6. The number of carbonyl (C=O) groups excluding carboxylic acids is 12. The summed E-state index contributed by atoms with van der Waals surface area (Å²) in [6.07, 6.45) is 13.4. The summed E-state index contributed by atoms with van der Waals surface area (Å²) in [6, 6.07) is 38.3. The normalized spacial score (nSPS) is 11.8. The molecule has 7 unspecified atom stereocenters. The monoisotopic (exact) mass is 2090 g/mol. The smallest absolute Gasteiger partial charge is 0.550 e. The van der Waals surface area contributed by atoms with Crippen LogP contribution in [-0.4, -0.2) is 203 Å². The predicted molar refractivity (Wildman–Crippen MR) is 572 cm³/mol. The van der Waals surface area contributed by atoms with E-state index in [1.54, 1.807) is 55.8 Å². The van der Waals surface area contributed by atoms with Crippen LogP contribution < -0.4 is 40.0 Å². The van der Waals surface area contributed by atoms with E-state index in [1.807, 2.05) is 104 Å². The SMILES string of the molecule is C=CC(=O)OCC(COCC(COC(=O)C=C)(COC(=O)C=C)COC(=O)NCCOC(=O)C(C)(C)CC)(COC(=O)C=C)COC(=O)C=C.C=CC(=O)OCC(O)COC(=O)C(C)(C)CC.CCC(C)(C)C(=O)OCCOC.CCC(C)(C)C(=O)OCCOC.CCC(C)(C)C(=O)[O-].CCC(C)C#N.CCC(C)C#N.CCC(C)C#N.CCC(C)c1ccccc1.CCC(C)c1ccccc1.CCC(C)c1ccccc1.[Na+]. The van der Waals surface area contributed by atoms with Crippen molar-refractivity contribution in [2.45, 2.75) is 281 Å². The fraction of sp³-hybridized carbons (Fsp3) is 0.609. The van der Waals surface area contributed by atoms with Crippen molar-refractivity contribution in [2.75, 3.05) is 120 Å². The summed E-state index contributed by atoms with van der Waals surface area (Å²) < 4.78 is 71.5. The predicted octanol–water partition coefficient (Wildman–Crippen LogP) is 18.1. The fourth-order valence-electron chi connectivity index (χ4n) is 8.69. The van der Waals surface area contributed by atoms with Gasteiger partial charge >= 0.3 is 95.3 Å². The Bertz CT molecular complexity index is 4010. The maximum absolute atomic E-state index is 12.6. The number of methoxy groups -OCH3 is 2. The van der Waals surface area contributed by atoms with Crippen molar-refractivity contribution in [2.24, 2.45) is 55.7 Å². The molecule has 0 radical (unpaired) electrons. The number of hydrogen-bond acceptors (Lipinski definition) is 31. The molecule has 0 saturated heterocycles. The number of nitriles is 3. The third kappa shape index (κ3) is 82.8. The molecule has 2 N–H and O–H groups in total. The molecule has 33 heteroatoms. The summed E-state index contributed by atoms with van der Waals surface area (Å²) in [4.78, 5) is 140. The standard InChI is InChI=1S/C34H47NO15.C12H20O5.3C10H14.2C9H18O3.C6H12O2.3C5H9N.Na/c1-9-25(36)45-19-33(20-46-26(37)10-2,21-47-27(38)11-3)17-43-18-34(22-48-28(39)12-4,23-49-29(40)13-5)24-50-31(42)35-15-16-44-30(41)32(7,8)14-6;1-5-10(14)16-7-9(13)8-17-11(15)12(3,4)6-2;3*1-3-9(2)10-7-5-4-6-8-10;2*1-5-9(2,3)8(10)12-7-6-11-4;1-4-6(2,3)5(7)8;3*1-3-5(2)4-6;/h9-13H,1-5,14-24H2,6-8H3,(H,35,42);5,9,13H,1,6-8H2,2-4H3;3*4-9H,3H2,1-2H3;2*5-7H2,1-4H3;4H2,1-3H3,(H,7,8);3*5H,3H2,1-2H3;/q;;;;;;;;;;;+1/p-1. The van der Waals surface area contributed by atoms with Crippen LogP contribution in [-0.2, 0) is 119 Å². The summed E-state index contributed by atoms with van der Waals surface area (Å²) in [5.74, 6) is -4.19. The van der Waals surface area contributed by atoms with Crippen molar-refractivity contribution in [1.82, 2.24) is 5.32 Å². The first-order valence-corrected chi connectivity index (χ1v) is 50.1. The number of esters is 10. The van der Waals surface area contributed by atoms with Gasteiger partial charge in [-0.15, -0.1) is 0 Å². The van der Waals surface area contributed by atoms with Crippen molar-refractivity contribution >= 4 is 71.8 Å². The first kappa shape index (κ1) is 155. The van der Waals surface area contributed by atoms with Crippen molar-refractivity contribution in [1.29, 1.82) is 15.8 Å². The summed E-state index contributed by atoms with van der Waals surface area (Å²) >= 11 is 0. The second-order valence-corrected chi connectivity index (χ2v) is 37.5. The molecule has 3 rings (SSSR count). The number of carboxylic acids is 1. The minimum absolute atomic E-state index is 0. The summed E-state index contributed by atoms with van der Waals surface area (Å²) in [5, 5.41) is 46.2. The molecular formula is C115H183N4NaO28. The van der Waals surface area contributed by atoms with Crippen molar-refractivity contribution in [3.8, 4) is 18.2 Å². The Morgan fingerprint density at radius 1 is 0.338 bits per heavy atom. The van der Waals surface area contributed by atoms with Crippen LogP contribution in [0.15, 0.2) is 167 Å².